The number of hydroxylamine groups is 1. The molecule has 1 aliphatic rings. The van der Waals surface area contributed by atoms with Crippen LogP contribution in [0.1, 0.15) is 13.8 Å². The third-order valence-electron chi connectivity index (χ3n) is 4.38. The van der Waals surface area contributed by atoms with Gasteiger partial charge < -0.3 is 19.7 Å². The molecule has 0 radical (unpaired) electrons. The summed E-state index contributed by atoms with van der Waals surface area (Å²) in [6, 6.07) is 3.84. The molecule has 1 aromatic rings. The van der Waals surface area contributed by atoms with Gasteiger partial charge in [0, 0.05) is 13.2 Å². The average Bonchev–Trinajstić information content (AvgIpc) is 2.71. The summed E-state index contributed by atoms with van der Waals surface area (Å²) in [6.07, 6.45) is -4.38. The van der Waals surface area contributed by atoms with Gasteiger partial charge in [-0.25, -0.2) is 13.9 Å². The van der Waals surface area contributed by atoms with Crippen molar-refractivity contribution in [2.24, 2.45) is 0 Å². The Morgan fingerprint density at radius 1 is 1.31 bits per heavy atom. The van der Waals surface area contributed by atoms with Crippen LogP contribution in [0, 0.1) is 11.8 Å². The minimum absolute atomic E-state index is 0.0459. The van der Waals surface area contributed by atoms with Gasteiger partial charge >= 0.3 is 0 Å². The van der Waals surface area contributed by atoms with Crippen LogP contribution in [0.25, 0.3) is 0 Å². The summed E-state index contributed by atoms with van der Waals surface area (Å²) in [7, 11) is -4.29. The molecule has 4 N–H and O–H groups in total. The van der Waals surface area contributed by atoms with Crippen molar-refractivity contribution >= 4 is 15.9 Å². The quantitative estimate of drug-likeness (QED) is 0.248. The zero-order valence-corrected chi connectivity index (χ0v) is 16.8. The third kappa shape index (κ3) is 5.05. The Bertz CT molecular complexity index is 862. The lowest BCUT2D eigenvalue weighted by Gasteiger charge is -2.43. The maximum Gasteiger partial charge on any atom is 0.264 e. The summed E-state index contributed by atoms with van der Waals surface area (Å²) in [5.74, 6) is 4.69. The molecule has 2 rings (SSSR count). The molecule has 160 valence electrons. The molecular weight excluding hydrogens is 404 g/mol. The first-order valence-corrected chi connectivity index (χ1v) is 10.3. The topological polar surface area (TPSA) is 146 Å². The number of amides is 1. The fourth-order valence-corrected chi connectivity index (χ4v) is 4.60. The number of sulfonamides is 1. The summed E-state index contributed by atoms with van der Waals surface area (Å²) >= 11 is 0. The summed E-state index contributed by atoms with van der Waals surface area (Å²) in [4.78, 5) is 12.1. The highest BCUT2D eigenvalue weighted by molar-refractivity contribution is 7.89. The van der Waals surface area contributed by atoms with Gasteiger partial charge in [0.25, 0.3) is 5.91 Å². The van der Waals surface area contributed by atoms with E-state index >= 15 is 0 Å². The lowest BCUT2D eigenvalue weighted by atomic mass is 9.95. The van der Waals surface area contributed by atoms with E-state index in [9.17, 15) is 23.4 Å². The molecule has 0 saturated carbocycles. The number of β-amino-alcohol motifs (C(OH)–C–C–N with tert-alkyl or cyclic N) is 1. The summed E-state index contributed by atoms with van der Waals surface area (Å²) in [5, 5.41) is 29.4. The predicted molar refractivity (Wildman–Crippen MR) is 100 cm³/mol. The second-order valence-corrected chi connectivity index (χ2v) is 8.05. The molecule has 1 heterocycles. The van der Waals surface area contributed by atoms with E-state index < -0.39 is 46.8 Å². The Morgan fingerprint density at radius 2 is 1.97 bits per heavy atom. The number of piperidine rings is 1. The Labute approximate surface area is 169 Å². The first-order valence-electron chi connectivity index (χ1n) is 8.83. The normalized spacial score (nSPS) is 25.0. The number of benzene rings is 1. The van der Waals surface area contributed by atoms with Crippen LogP contribution >= 0.6 is 0 Å². The number of aliphatic hydroxyl groups is 2. The fourth-order valence-electron chi connectivity index (χ4n) is 2.99. The largest absolute Gasteiger partial charge is 0.481 e. The summed E-state index contributed by atoms with van der Waals surface area (Å²) < 4.78 is 37.7. The van der Waals surface area contributed by atoms with Crippen LogP contribution in [0.4, 0.5) is 0 Å². The fraction of sp³-hybridized carbons (Fsp3) is 0.500. The number of carbonyl (C=O) groups is 1. The number of nitrogens with one attached hydrogen (secondary N) is 1. The van der Waals surface area contributed by atoms with Crippen LogP contribution in [0.15, 0.2) is 29.2 Å². The van der Waals surface area contributed by atoms with Gasteiger partial charge in [0.05, 0.1) is 11.0 Å². The van der Waals surface area contributed by atoms with Crippen molar-refractivity contribution in [2.45, 2.75) is 43.1 Å². The minimum Gasteiger partial charge on any atom is -0.481 e. The van der Waals surface area contributed by atoms with Gasteiger partial charge in [0.2, 0.25) is 10.0 Å². The zero-order valence-electron chi connectivity index (χ0n) is 16.0. The lowest BCUT2D eigenvalue weighted by Crippen LogP contribution is -2.67. The zero-order chi connectivity index (χ0) is 21.6. The lowest BCUT2D eigenvalue weighted by molar-refractivity contribution is -0.163. The molecule has 4 atom stereocenters. The second kappa shape index (κ2) is 10.0. The number of hydrogen-bond acceptors (Lipinski definition) is 8. The number of nitrogens with zero attached hydrogens (tertiary/aromatic N) is 1. The number of hydrogen-bond donors (Lipinski definition) is 4. The highest BCUT2D eigenvalue weighted by atomic mass is 32.2. The Morgan fingerprint density at radius 3 is 2.52 bits per heavy atom. The SMILES string of the molecule is CC#CCOc1ccc(S(=O)(=O)N2C[C@H](O)[C@H](O)[C@@H](OCC)[C@@H]2C(=O)NO)cc1. The summed E-state index contributed by atoms with van der Waals surface area (Å²) in [5.41, 5.74) is 1.40. The van der Waals surface area contributed by atoms with Gasteiger partial charge in [-0.05, 0) is 38.1 Å². The van der Waals surface area contributed by atoms with Gasteiger partial charge in [-0.2, -0.15) is 4.31 Å². The Kier molecular flexibility index (Phi) is 7.97. The number of rotatable bonds is 7. The molecule has 0 spiro atoms. The van der Waals surface area contributed by atoms with Gasteiger partial charge in [-0.15, -0.1) is 5.92 Å². The number of aliphatic hydroxyl groups excluding tert-OH is 2. The van der Waals surface area contributed by atoms with E-state index in [-0.39, 0.29) is 18.1 Å². The molecule has 0 unspecified atom stereocenters. The van der Waals surface area contributed by atoms with Crippen LogP contribution in [-0.4, -0.2) is 78.2 Å². The van der Waals surface area contributed by atoms with E-state index in [0.717, 1.165) is 0 Å². The standard InChI is InChI=1S/C18H24N2O8S/c1-3-5-10-28-12-6-8-13(9-7-12)29(25,26)20-11-14(21)16(22)17(27-4-2)15(20)18(23)19-24/h6-9,14-17,21-22,24H,4,10-11H2,1-2H3,(H,19,23)/t14-,15+,16-,17-/m0/s1. The molecule has 0 aliphatic carbocycles. The van der Waals surface area contributed by atoms with Gasteiger partial charge in [-0.3, -0.25) is 10.0 Å². The van der Waals surface area contributed by atoms with Crippen LogP contribution in [0.3, 0.4) is 0 Å². The molecule has 0 bridgehead atoms. The third-order valence-corrected chi connectivity index (χ3v) is 6.24. The molecule has 1 saturated heterocycles. The molecular formula is C18H24N2O8S. The van der Waals surface area contributed by atoms with Crippen molar-refractivity contribution in [1.82, 2.24) is 9.79 Å². The average molecular weight is 428 g/mol. The van der Waals surface area contributed by atoms with Crippen molar-refractivity contribution in [1.29, 1.82) is 0 Å². The van der Waals surface area contributed by atoms with E-state index in [4.69, 9.17) is 14.7 Å². The van der Waals surface area contributed by atoms with E-state index in [2.05, 4.69) is 11.8 Å². The van der Waals surface area contributed by atoms with E-state index in [0.29, 0.717) is 10.1 Å². The van der Waals surface area contributed by atoms with Crippen LogP contribution in [-0.2, 0) is 19.6 Å². The van der Waals surface area contributed by atoms with Crippen molar-refractivity contribution in [3.8, 4) is 17.6 Å². The number of carbonyl (C=O) groups excluding carboxylic acids is 1. The second-order valence-electron chi connectivity index (χ2n) is 6.16. The van der Waals surface area contributed by atoms with Crippen molar-refractivity contribution in [2.75, 3.05) is 19.8 Å². The highest BCUT2D eigenvalue weighted by Crippen LogP contribution is 2.29. The monoisotopic (exact) mass is 428 g/mol. The molecule has 29 heavy (non-hydrogen) atoms. The predicted octanol–water partition coefficient (Wildman–Crippen LogP) is -0.906. The molecule has 1 fully saturated rings. The minimum atomic E-state index is -4.29. The molecule has 11 heteroatoms. The van der Waals surface area contributed by atoms with Crippen molar-refractivity contribution in [3.05, 3.63) is 24.3 Å². The Balaban J connectivity index is 2.38. The molecule has 1 aliphatic heterocycles. The first-order chi connectivity index (χ1) is 13.8. The van der Waals surface area contributed by atoms with E-state index in [1.165, 1.54) is 29.7 Å². The van der Waals surface area contributed by atoms with E-state index in [1.807, 2.05) is 0 Å². The maximum absolute atomic E-state index is 13.1. The molecule has 1 aromatic carbocycles. The molecule has 1 amide bonds. The first kappa shape index (κ1) is 23.1. The van der Waals surface area contributed by atoms with Crippen LogP contribution in [0.2, 0.25) is 0 Å². The molecule has 10 nitrogen and oxygen atoms in total. The van der Waals surface area contributed by atoms with Gasteiger partial charge in [-0.1, -0.05) is 5.92 Å². The van der Waals surface area contributed by atoms with E-state index in [1.54, 1.807) is 13.8 Å². The Hall–Kier alpha value is -2.20. The van der Waals surface area contributed by atoms with Crippen LogP contribution < -0.4 is 10.2 Å². The van der Waals surface area contributed by atoms with Crippen molar-refractivity contribution < 1.29 is 38.1 Å². The smallest absolute Gasteiger partial charge is 0.264 e. The van der Waals surface area contributed by atoms with Gasteiger partial charge in [0.15, 0.2) is 0 Å². The molecule has 0 aromatic heterocycles. The van der Waals surface area contributed by atoms with Crippen molar-refractivity contribution in [3.63, 3.8) is 0 Å². The highest BCUT2D eigenvalue weighted by Gasteiger charge is 2.51. The maximum atomic E-state index is 13.1. The van der Waals surface area contributed by atoms with Crippen LogP contribution in [0.5, 0.6) is 5.75 Å². The number of ether oxygens (including phenoxy) is 2. The van der Waals surface area contributed by atoms with Gasteiger partial charge in [0.1, 0.15) is 30.6 Å². The summed E-state index contributed by atoms with van der Waals surface area (Å²) in [6.45, 7) is 2.88.